The van der Waals surface area contributed by atoms with Crippen molar-refractivity contribution in [3.63, 3.8) is 0 Å². The van der Waals surface area contributed by atoms with Crippen LogP contribution in [-0.2, 0) is 14.9 Å². The number of piperidine rings is 1. The van der Waals surface area contributed by atoms with E-state index in [9.17, 15) is 8.42 Å². The zero-order chi connectivity index (χ0) is 15.7. The molecule has 6 nitrogen and oxygen atoms in total. The molecule has 0 bridgehead atoms. The highest BCUT2D eigenvalue weighted by molar-refractivity contribution is 7.86. The van der Waals surface area contributed by atoms with Crippen molar-refractivity contribution in [2.45, 2.75) is 32.6 Å². The van der Waals surface area contributed by atoms with Gasteiger partial charge in [-0.25, -0.2) is 0 Å². The Morgan fingerprint density at radius 1 is 1.43 bits per heavy atom. The van der Waals surface area contributed by atoms with E-state index in [4.69, 9.17) is 4.74 Å². The van der Waals surface area contributed by atoms with Crippen LogP contribution in [0.25, 0.3) is 0 Å². The van der Waals surface area contributed by atoms with E-state index in [1.54, 1.807) is 18.5 Å². The van der Waals surface area contributed by atoms with Crippen LogP contribution in [0.1, 0.15) is 32.6 Å². The number of ether oxygens (including phenoxy) is 1. The number of nitrogens with one attached hydrogen (secondary N) is 1. The van der Waals surface area contributed by atoms with Crippen LogP contribution in [0.15, 0.2) is 0 Å². The molecule has 0 aromatic heterocycles. The van der Waals surface area contributed by atoms with Gasteiger partial charge in [0.05, 0.1) is 0 Å². The maximum Gasteiger partial charge on any atom is 0.281 e. The Balaban J connectivity index is 2.49. The predicted molar refractivity (Wildman–Crippen MR) is 85.5 cm³/mol. The van der Waals surface area contributed by atoms with Crippen molar-refractivity contribution in [2.75, 3.05) is 53.5 Å². The van der Waals surface area contributed by atoms with Gasteiger partial charge in [-0.1, -0.05) is 6.92 Å². The molecule has 1 aliphatic heterocycles. The van der Waals surface area contributed by atoms with Gasteiger partial charge in [0.15, 0.2) is 0 Å². The van der Waals surface area contributed by atoms with Crippen LogP contribution in [0.5, 0.6) is 0 Å². The second-order valence-electron chi connectivity index (χ2n) is 5.75. The van der Waals surface area contributed by atoms with Gasteiger partial charge in [0, 0.05) is 40.4 Å². The summed E-state index contributed by atoms with van der Waals surface area (Å²) in [5.74, 6) is 0.424. The quantitative estimate of drug-likeness (QED) is 0.608. The van der Waals surface area contributed by atoms with E-state index in [0.717, 1.165) is 38.8 Å². The van der Waals surface area contributed by atoms with Crippen molar-refractivity contribution >= 4 is 10.2 Å². The van der Waals surface area contributed by atoms with Crippen molar-refractivity contribution in [3.05, 3.63) is 0 Å². The monoisotopic (exact) mass is 321 g/mol. The topological polar surface area (TPSA) is 61.9 Å². The molecule has 0 spiro atoms. The Labute approximate surface area is 130 Å². The summed E-state index contributed by atoms with van der Waals surface area (Å²) in [7, 11) is -0.0340. The zero-order valence-corrected chi connectivity index (χ0v) is 14.5. The summed E-state index contributed by atoms with van der Waals surface area (Å²) in [5.41, 5.74) is 0. The lowest BCUT2D eigenvalue weighted by Gasteiger charge is -2.34. The number of methoxy groups -OCH3 is 1. The molecule has 1 fully saturated rings. The third kappa shape index (κ3) is 6.20. The second-order valence-corrected chi connectivity index (χ2v) is 7.78. The van der Waals surface area contributed by atoms with Gasteiger partial charge in [-0.05, 0) is 44.7 Å². The number of hydrogen-bond donors (Lipinski definition) is 1. The molecule has 1 rings (SSSR count). The van der Waals surface area contributed by atoms with Crippen LogP contribution >= 0.6 is 0 Å². The van der Waals surface area contributed by atoms with Gasteiger partial charge >= 0.3 is 0 Å². The lowest BCUT2D eigenvalue weighted by molar-refractivity contribution is 0.187. The standard InChI is InChI=1S/C14H31N3O3S/c1-4-8-15-12-14-7-5-10-17(13-14)21(18,19)16(2)9-6-11-20-3/h14-15H,4-13H2,1-3H3. The van der Waals surface area contributed by atoms with Gasteiger partial charge in [0.1, 0.15) is 0 Å². The van der Waals surface area contributed by atoms with Gasteiger partial charge in [-0.3, -0.25) is 0 Å². The fourth-order valence-electron chi connectivity index (χ4n) is 2.63. The van der Waals surface area contributed by atoms with Crippen LogP contribution in [0, 0.1) is 5.92 Å². The molecule has 1 aliphatic rings. The minimum Gasteiger partial charge on any atom is -0.385 e. The second kappa shape index (κ2) is 9.74. The van der Waals surface area contributed by atoms with Crippen LogP contribution in [-0.4, -0.2) is 70.5 Å². The average molecular weight is 321 g/mol. The van der Waals surface area contributed by atoms with Gasteiger partial charge in [-0.15, -0.1) is 0 Å². The first-order valence-electron chi connectivity index (χ1n) is 7.93. The van der Waals surface area contributed by atoms with E-state index in [0.29, 0.717) is 32.2 Å². The van der Waals surface area contributed by atoms with Crippen LogP contribution in [0.4, 0.5) is 0 Å². The molecule has 1 atom stereocenters. The van der Waals surface area contributed by atoms with Crippen molar-refractivity contribution in [2.24, 2.45) is 5.92 Å². The molecule has 0 radical (unpaired) electrons. The first-order valence-corrected chi connectivity index (χ1v) is 9.33. The maximum atomic E-state index is 12.5. The SMILES string of the molecule is CCCNCC1CCCN(S(=O)(=O)N(C)CCCOC)C1. The third-order valence-electron chi connectivity index (χ3n) is 3.88. The van der Waals surface area contributed by atoms with Gasteiger partial charge in [0.2, 0.25) is 0 Å². The van der Waals surface area contributed by atoms with Crippen molar-refractivity contribution in [1.82, 2.24) is 13.9 Å². The molecule has 0 saturated carbocycles. The summed E-state index contributed by atoms with van der Waals surface area (Å²) >= 11 is 0. The highest BCUT2D eigenvalue weighted by Gasteiger charge is 2.31. The number of nitrogens with zero attached hydrogens (tertiary/aromatic N) is 2. The molecular weight excluding hydrogens is 290 g/mol. The van der Waals surface area contributed by atoms with Crippen LogP contribution < -0.4 is 5.32 Å². The van der Waals surface area contributed by atoms with E-state index in [2.05, 4.69) is 12.2 Å². The molecule has 1 N–H and O–H groups in total. The molecule has 126 valence electrons. The van der Waals surface area contributed by atoms with Crippen molar-refractivity contribution < 1.29 is 13.2 Å². The van der Waals surface area contributed by atoms with Crippen molar-refractivity contribution in [1.29, 1.82) is 0 Å². The lowest BCUT2D eigenvalue weighted by atomic mass is 10.00. The molecule has 1 heterocycles. The van der Waals surface area contributed by atoms with Gasteiger partial charge in [0.25, 0.3) is 10.2 Å². The Morgan fingerprint density at radius 2 is 2.19 bits per heavy atom. The molecule has 1 saturated heterocycles. The largest absolute Gasteiger partial charge is 0.385 e. The summed E-state index contributed by atoms with van der Waals surface area (Å²) < 4.78 is 33.2. The molecule has 1 unspecified atom stereocenters. The lowest BCUT2D eigenvalue weighted by Crippen LogP contribution is -2.48. The van der Waals surface area contributed by atoms with E-state index in [1.807, 2.05) is 0 Å². The molecular formula is C14H31N3O3S. The Kier molecular flexibility index (Phi) is 8.73. The fraction of sp³-hybridized carbons (Fsp3) is 1.00. The Bertz CT molecular complexity index is 376. The molecule has 0 amide bonds. The zero-order valence-electron chi connectivity index (χ0n) is 13.7. The third-order valence-corrected chi connectivity index (χ3v) is 5.84. The Morgan fingerprint density at radius 3 is 2.86 bits per heavy atom. The predicted octanol–water partition coefficient (Wildman–Crippen LogP) is 0.911. The Hall–Kier alpha value is -0.210. The minimum atomic E-state index is -3.32. The van der Waals surface area contributed by atoms with E-state index in [1.165, 1.54) is 4.31 Å². The van der Waals surface area contributed by atoms with E-state index < -0.39 is 10.2 Å². The number of rotatable bonds is 10. The van der Waals surface area contributed by atoms with Crippen LogP contribution in [0.2, 0.25) is 0 Å². The minimum absolute atomic E-state index is 0.424. The molecule has 0 aromatic rings. The highest BCUT2D eigenvalue weighted by atomic mass is 32.2. The highest BCUT2D eigenvalue weighted by Crippen LogP contribution is 2.20. The summed E-state index contributed by atoms with van der Waals surface area (Å²) in [4.78, 5) is 0. The van der Waals surface area contributed by atoms with Crippen molar-refractivity contribution in [3.8, 4) is 0 Å². The number of hydrogen-bond acceptors (Lipinski definition) is 4. The van der Waals surface area contributed by atoms with E-state index in [-0.39, 0.29) is 0 Å². The molecule has 21 heavy (non-hydrogen) atoms. The summed E-state index contributed by atoms with van der Waals surface area (Å²) in [6, 6.07) is 0. The molecule has 0 aliphatic carbocycles. The summed E-state index contributed by atoms with van der Waals surface area (Å²) in [5, 5.41) is 3.40. The molecule has 7 heteroatoms. The summed E-state index contributed by atoms with van der Waals surface area (Å²) in [6.45, 7) is 6.41. The van der Waals surface area contributed by atoms with Crippen LogP contribution in [0.3, 0.4) is 0 Å². The van der Waals surface area contributed by atoms with E-state index >= 15 is 0 Å². The summed E-state index contributed by atoms with van der Waals surface area (Å²) in [6.07, 6.45) is 3.89. The maximum absolute atomic E-state index is 12.5. The smallest absolute Gasteiger partial charge is 0.281 e. The van der Waals surface area contributed by atoms with Gasteiger partial charge < -0.3 is 10.1 Å². The first-order chi connectivity index (χ1) is 10.0. The normalized spacial score (nSPS) is 21.0. The average Bonchev–Trinajstić information content (AvgIpc) is 2.48. The molecule has 0 aromatic carbocycles. The van der Waals surface area contributed by atoms with Gasteiger partial charge in [-0.2, -0.15) is 17.0 Å². The fourth-order valence-corrected chi connectivity index (χ4v) is 4.14. The first kappa shape index (κ1) is 18.8.